The number of rotatable bonds is 6. The van der Waals surface area contributed by atoms with Crippen LogP contribution in [-0.2, 0) is 19.3 Å². The third kappa shape index (κ3) is 3.64. The minimum Gasteiger partial charge on any atom is -0.388 e. The summed E-state index contributed by atoms with van der Waals surface area (Å²) in [5, 5.41) is 3.38. The first-order chi connectivity index (χ1) is 12.2. The number of hydrogen-bond acceptors (Lipinski definition) is 2. The van der Waals surface area contributed by atoms with Crippen LogP contribution in [-0.4, -0.2) is 31.1 Å². The maximum atomic E-state index is 3.38. The van der Waals surface area contributed by atoms with Crippen LogP contribution in [0.25, 0.3) is 6.08 Å². The lowest BCUT2D eigenvalue weighted by Gasteiger charge is -2.17. The van der Waals surface area contributed by atoms with Crippen molar-refractivity contribution in [2.24, 2.45) is 0 Å². The quantitative estimate of drug-likeness (QED) is 0.782. The van der Waals surface area contributed by atoms with Gasteiger partial charge in [-0.3, -0.25) is 4.90 Å². The standard InChI is InChI=1S/C23H28N2/c1-17-16-25(17)13-12-18-10-11-23(24-2)21(14-18)15-20-8-5-7-19-6-3-4-9-22(19)20/h4-5,7-11,14,17,24H,3,6,12-13,15-16H2,1-2H3. The van der Waals surface area contributed by atoms with Crippen LogP contribution in [0.3, 0.4) is 0 Å². The van der Waals surface area contributed by atoms with Crippen LogP contribution in [0.1, 0.15) is 41.2 Å². The number of benzene rings is 2. The van der Waals surface area contributed by atoms with E-state index in [1.807, 2.05) is 7.05 Å². The summed E-state index contributed by atoms with van der Waals surface area (Å²) in [6, 6.07) is 14.5. The lowest BCUT2D eigenvalue weighted by Crippen LogP contribution is -2.07. The molecule has 0 spiro atoms. The van der Waals surface area contributed by atoms with Crippen LogP contribution in [0, 0.1) is 0 Å². The summed E-state index contributed by atoms with van der Waals surface area (Å²) in [5.74, 6) is 0. The molecule has 1 aliphatic heterocycles. The van der Waals surface area contributed by atoms with Gasteiger partial charge in [-0.25, -0.2) is 0 Å². The Bertz CT molecular complexity index is 791. The number of nitrogens with one attached hydrogen (secondary N) is 1. The van der Waals surface area contributed by atoms with E-state index in [2.05, 4.69) is 65.7 Å². The number of fused-ring (bicyclic) bond motifs is 1. The van der Waals surface area contributed by atoms with Gasteiger partial charge in [-0.15, -0.1) is 0 Å². The van der Waals surface area contributed by atoms with Gasteiger partial charge >= 0.3 is 0 Å². The summed E-state index contributed by atoms with van der Waals surface area (Å²) in [4.78, 5) is 2.53. The van der Waals surface area contributed by atoms with Crippen LogP contribution in [0.4, 0.5) is 5.69 Å². The average Bonchev–Trinajstić information content (AvgIpc) is 3.36. The van der Waals surface area contributed by atoms with Crippen LogP contribution in [0.2, 0.25) is 0 Å². The molecule has 2 heteroatoms. The van der Waals surface area contributed by atoms with Gasteiger partial charge in [0.15, 0.2) is 0 Å². The van der Waals surface area contributed by atoms with E-state index in [4.69, 9.17) is 0 Å². The first kappa shape index (κ1) is 16.4. The van der Waals surface area contributed by atoms with Crippen LogP contribution in [0.15, 0.2) is 42.5 Å². The van der Waals surface area contributed by atoms with E-state index in [0.29, 0.717) is 0 Å². The molecule has 0 bridgehead atoms. The van der Waals surface area contributed by atoms with Crippen LogP contribution in [0.5, 0.6) is 0 Å². The third-order valence-electron chi connectivity index (χ3n) is 5.65. The van der Waals surface area contributed by atoms with Crippen molar-refractivity contribution in [3.8, 4) is 0 Å². The van der Waals surface area contributed by atoms with E-state index in [9.17, 15) is 0 Å². The number of nitrogens with zero attached hydrogens (tertiary/aromatic N) is 1. The van der Waals surface area contributed by atoms with Gasteiger partial charge in [0.25, 0.3) is 0 Å². The zero-order chi connectivity index (χ0) is 17.2. The Morgan fingerprint density at radius 1 is 1.16 bits per heavy atom. The topological polar surface area (TPSA) is 15.0 Å². The summed E-state index contributed by atoms with van der Waals surface area (Å²) in [5.41, 5.74) is 8.50. The molecule has 2 aliphatic rings. The molecule has 4 rings (SSSR count). The van der Waals surface area contributed by atoms with Crippen molar-refractivity contribution in [2.45, 2.75) is 38.6 Å². The smallest absolute Gasteiger partial charge is 0.0373 e. The Morgan fingerprint density at radius 2 is 2.04 bits per heavy atom. The minimum atomic E-state index is 0.790. The second-order valence-electron chi connectivity index (χ2n) is 7.44. The van der Waals surface area contributed by atoms with E-state index >= 15 is 0 Å². The number of aryl methyl sites for hydroxylation is 1. The molecular weight excluding hydrogens is 304 g/mol. The molecule has 1 N–H and O–H groups in total. The Labute approximate surface area is 151 Å². The molecule has 1 heterocycles. The second kappa shape index (κ2) is 7.05. The monoisotopic (exact) mass is 332 g/mol. The normalized spacial score (nSPS) is 21.0. The van der Waals surface area contributed by atoms with Crippen LogP contribution < -0.4 is 5.32 Å². The molecule has 2 unspecified atom stereocenters. The molecule has 0 aromatic heterocycles. The van der Waals surface area contributed by atoms with Gasteiger partial charge in [0.2, 0.25) is 0 Å². The maximum Gasteiger partial charge on any atom is 0.0373 e. The van der Waals surface area contributed by atoms with Crippen molar-refractivity contribution in [3.63, 3.8) is 0 Å². The highest BCUT2D eigenvalue weighted by atomic mass is 15.3. The summed E-state index contributed by atoms with van der Waals surface area (Å²) in [7, 11) is 2.02. The number of allylic oxidation sites excluding steroid dienone is 1. The lowest BCUT2D eigenvalue weighted by atomic mass is 9.89. The van der Waals surface area contributed by atoms with Gasteiger partial charge in [-0.05, 0) is 60.1 Å². The maximum absolute atomic E-state index is 3.38. The van der Waals surface area contributed by atoms with Crippen molar-refractivity contribution >= 4 is 11.8 Å². The van der Waals surface area contributed by atoms with E-state index in [-0.39, 0.29) is 0 Å². The first-order valence-electron chi connectivity index (χ1n) is 9.55. The van der Waals surface area contributed by atoms with Crippen molar-refractivity contribution in [1.82, 2.24) is 4.90 Å². The number of anilines is 1. The highest BCUT2D eigenvalue weighted by Gasteiger charge is 2.27. The average molecular weight is 332 g/mol. The Morgan fingerprint density at radius 3 is 2.84 bits per heavy atom. The highest BCUT2D eigenvalue weighted by molar-refractivity contribution is 5.63. The molecule has 2 aromatic rings. The molecule has 2 atom stereocenters. The fourth-order valence-corrected chi connectivity index (χ4v) is 3.97. The van der Waals surface area contributed by atoms with E-state index in [0.717, 1.165) is 18.9 Å². The Hall–Kier alpha value is -2.06. The van der Waals surface area contributed by atoms with Crippen LogP contribution >= 0.6 is 0 Å². The van der Waals surface area contributed by atoms with Crippen molar-refractivity contribution < 1.29 is 0 Å². The van der Waals surface area contributed by atoms with Gasteiger partial charge in [-0.2, -0.15) is 0 Å². The van der Waals surface area contributed by atoms with Gasteiger partial charge in [0.05, 0.1) is 0 Å². The molecule has 1 fully saturated rings. The minimum absolute atomic E-state index is 0.790. The van der Waals surface area contributed by atoms with Crippen molar-refractivity contribution in [3.05, 3.63) is 70.3 Å². The SMILES string of the molecule is CNc1ccc(CCN2CC2C)cc1Cc1cccc2c1C=CCC2. The Kier molecular flexibility index (Phi) is 4.63. The molecule has 130 valence electrons. The molecular formula is C23H28N2. The second-order valence-corrected chi connectivity index (χ2v) is 7.44. The molecule has 25 heavy (non-hydrogen) atoms. The highest BCUT2D eigenvalue weighted by Crippen LogP contribution is 2.28. The van der Waals surface area contributed by atoms with Crippen molar-refractivity contribution in [2.75, 3.05) is 25.5 Å². The van der Waals surface area contributed by atoms with Gasteiger partial charge in [0.1, 0.15) is 0 Å². The molecule has 0 radical (unpaired) electrons. The van der Waals surface area contributed by atoms with Gasteiger partial charge in [0, 0.05) is 38.3 Å². The number of hydrogen-bond donors (Lipinski definition) is 1. The van der Waals surface area contributed by atoms with E-state index < -0.39 is 0 Å². The Balaban J connectivity index is 1.57. The van der Waals surface area contributed by atoms with Gasteiger partial charge in [-0.1, -0.05) is 42.5 Å². The first-order valence-corrected chi connectivity index (χ1v) is 9.55. The fraction of sp³-hybridized carbons (Fsp3) is 0.391. The third-order valence-corrected chi connectivity index (χ3v) is 5.65. The molecule has 2 aromatic carbocycles. The molecule has 1 aliphatic carbocycles. The van der Waals surface area contributed by atoms with Gasteiger partial charge < -0.3 is 5.32 Å². The van der Waals surface area contributed by atoms with Crippen molar-refractivity contribution in [1.29, 1.82) is 0 Å². The zero-order valence-corrected chi connectivity index (χ0v) is 15.4. The molecule has 1 saturated heterocycles. The molecule has 0 saturated carbocycles. The summed E-state index contributed by atoms with van der Waals surface area (Å²) < 4.78 is 0. The summed E-state index contributed by atoms with van der Waals surface area (Å²) in [6.45, 7) is 4.76. The predicted molar refractivity (Wildman–Crippen MR) is 107 cm³/mol. The fourth-order valence-electron chi connectivity index (χ4n) is 3.97. The molecule has 0 amide bonds. The summed E-state index contributed by atoms with van der Waals surface area (Å²) >= 11 is 0. The summed E-state index contributed by atoms with van der Waals surface area (Å²) in [6.07, 6.45) is 9.12. The predicted octanol–water partition coefficient (Wildman–Crippen LogP) is 4.53. The molecule has 2 nitrogen and oxygen atoms in total. The zero-order valence-electron chi connectivity index (χ0n) is 15.4. The van der Waals surface area contributed by atoms with E-state index in [1.165, 1.54) is 59.4 Å². The lowest BCUT2D eigenvalue weighted by molar-refractivity contribution is 0.521. The van der Waals surface area contributed by atoms with E-state index in [1.54, 1.807) is 0 Å². The largest absolute Gasteiger partial charge is 0.388 e.